The van der Waals surface area contributed by atoms with Crippen molar-refractivity contribution in [2.24, 2.45) is 0 Å². The molecule has 1 heterocycles. The van der Waals surface area contributed by atoms with Gasteiger partial charge in [0.15, 0.2) is 0 Å². The minimum Gasteiger partial charge on any atom is -0.496 e. The number of carboxylic acid groups (broad SMARTS) is 1. The number of hydrogen-bond acceptors (Lipinski definition) is 4. The predicted octanol–water partition coefficient (Wildman–Crippen LogP) is 1.83. The van der Waals surface area contributed by atoms with Crippen molar-refractivity contribution < 1.29 is 19.7 Å². The highest BCUT2D eigenvalue weighted by molar-refractivity contribution is 5.73. The van der Waals surface area contributed by atoms with Gasteiger partial charge in [-0.15, -0.1) is 6.58 Å². The second-order valence-electron chi connectivity index (χ2n) is 5.64. The van der Waals surface area contributed by atoms with Crippen molar-refractivity contribution in [3.8, 4) is 5.75 Å². The van der Waals surface area contributed by atoms with Crippen LogP contribution in [0.15, 0.2) is 30.9 Å². The molecule has 2 rings (SSSR count). The van der Waals surface area contributed by atoms with Crippen LogP contribution in [-0.4, -0.2) is 46.9 Å². The number of hydrogen-bond donors (Lipinski definition) is 2. The number of aliphatic carboxylic acids is 1. The first-order chi connectivity index (χ1) is 10.5. The fraction of sp³-hybridized carbons (Fsp3) is 0.471. The summed E-state index contributed by atoms with van der Waals surface area (Å²) in [6.07, 6.45) is 2.89. The fourth-order valence-corrected chi connectivity index (χ4v) is 2.92. The highest BCUT2D eigenvalue weighted by Gasteiger charge is 2.32. The van der Waals surface area contributed by atoms with E-state index in [2.05, 4.69) is 6.58 Å². The molecule has 0 spiro atoms. The summed E-state index contributed by atoms with van der Waals surface area (Å²) in [6, 6.07) is 5.26. The van der Waals surface area contributed by atoms with Gasteiger partial charge in [0, 0.05) is 13.1 Å². The fourth-order valence-electron chi connectivity index (χ4n) is 2.92. The summed E-state index contributed by atoms with van der Waals surface area (Å²) in [4.78, 5) is 13.3. The van der Waals surface area contributed by atoms with Crippen LogP contribution in [0, 0.1) is 0 Å². The highest BCUT2D eigenvalue weighted by Crippen LogP contribution is 2.24. The predicted molar refractivity (Wildman–Crippen MR) is 84.0 cm³/mol. The van der Waals surface area contributed by atoms with E-state index < -0.39 is 18.1 Å². The van der Waals surface area contributed by atoms with Gasteiger partial charge in [-0.2, -0.15) is 0 Å². The quantitative estimate of drug-likeness (QED) is 0.785. The summed E-state index contributed by atoms with van der Waals surface area (Å²) >= 11 is 0. The Bertz CT molecular complexity index is 543. The van der Waals surface area contributed by atoms with E-state index >= 15 is 0 Å². The van der Waals surface area contributed by atoms with Crippen molar-refractivity contribution in [3.05, 3.63) is 42.0 Å². The lowest BCUT2D eigenvalue weighted by molar-refractivity contribution is -0.146. The van der Waals surface area contributed by atoms with E-state index in [0.717, 1.165) is 16.9 Å². The Morgan fingerprint density at radius 2 is 2.32 bits per heavy atom. The molecule has 0 amide bonds. The number of piperidine rings is 1. The second kappa shape index (κ2) is 7.42. The smallest absolute Gasteiger partial charge is 0.321 e. The van der Waals surface area contributed by atoms with Crippen LogP contribution in [0.2, 0.25) is 0 Å². The zero-order valence-electron chi connectivity index (χ0n) is 12.9. The van der Waals surface area contributed by atoms with Crippen LogP contribution in [0.1, 0.15) is 24.0 Å². The van der Waals surface area contributed by atoms with Crippen LogP contribution >= 0.6 is 0 Å². The van der Waals surface area contributed by atoms with Crippen LogP contribution in [0.3, 0.4) is 0 Å². The first-order valence-electron chi connectivity index (χ1n) is 7.46. The van der Waals surface area contributed by atoms with Gasteiger partial charge < -0.3 is 14.9 Å². The van der Waals surface area contributed by atoms with Gasteiger partial charge in [0.2, 0.25) is 0 Å². The van der Waals surface area contributed by atoms with Crippen molar-refractivity contribution in [2.45, 2.75) is 38.0 Å². The van der Waals surface area contributed by atoms with E-state index in [1.807, 2.05) is 29.2 Å². The highest BCUT2D eigenvalue weighted by atomic mass is 16.5. The van der Waals surface area contributed by atoms with Gasteiger partial charge in [0.1, 0.15) is 11.8 Å². The van der Waals surface area contributed by atoms with Crippen molar-refractivity contribution >= 4 is 5.97 Å². The molecule has 1 aromatic rings. The molecule has 5 heteroatoms. The minimum absolute atomic E-state index is 0.283. The summed E-state index contributed by atoms with van der Waals surface area (Å²) in [5, 5.41) is 19.0. The van der Waals surface area contributed by atoms with Gasteiger partial charge in [-0.3, -0.25) is 9.69 Å². The molecule has 0 radical (unpaired) electrons. The minimum atomic E-state index is -0.876. The molecule has 0 saturated carbocycles. The molecule has 2 N–H and O–H groups in total. The molecule has 1 aliphatic rings. The maximum absolute atomic E-state index is 11.4. The third kappa shape index (κ3) is 3.87. The standard InChI is InChI=1S/C17H23NO4/c1-3-4-13-9-12(5-6-16(13)22-2)11-18-8-7-14(19)10-15(18)17(20)21/h3,5-6,9,14-15,19H,1,4,7-8,10-11H2,2H3,(H,20,21)/t14-,15+/m0/s1. The van der Waals surface area contributed by atoms with Gasteiger partial charge in [0.25, 0.3) is 0 Å². The maximum Gasteiger partial charge on any atom is 0.321 e. The zero-order valence-corrected chi connectivity index (χ0v) is 12.9. The number of likely N-dealkylation sites (tertiary alicyclic amines) is 1. The van der Waals surface area contributed by atoms with E-state index in [1.54, 1.807) is 7.11 Å². The molecule has 0 aliphatic carbocycles. The number of carboxylic acids is 1. The lowest BCUT2D eigenvalue weighted by atomic mass is 9.98. The lowest BCUT2D eigenvalue weighted by Crippen LogP contribution is -2.48. The normalized spacial score (nSPS) is 22.3. The van der Waals surface area contributed by atoms with E-state index in [-0.39, 0.29) is 6.42 Å². The van der Waals surface area contributed by atoms with E-state index in [1.165, 1.54) is 0 Å². The van der Waals surface area contributed by atoms with Gasteiger partial charge in [-0.05, 0) is 36.5 Å². The average Bonchev–Trinajstić information content (AvgIpc) is 2.49. The first kappa shape index (κ1) is 16.5. The number of allylic oxidation sites excluding steroid dienone is 1. The Morgan fingerprint density at radius 1 is 1.55 bits per heavy atom. The molecule has 0 bridgehead atoms. The summed E-state index contributed by atoms with van der Waals surface area (Å²) in [6.45, 7) is 4.89. The summed E-state index contributed by atoms with van der Waals surface area (Å²) < 4.78 is 5.33. The van der Waals surface area contributed by atoms with Gasteiger partial charge in [-0.25, -0.2) is 0 Å². The molecule has 22 heavy (non-hydrogen) atoms. The molecular weight excluding hydrogens is 282 g/mol. The second-order valence-corrected chi connectivity index (χ2v) is 5.64. The summed E-state index contributed by atoms with van der Waals surface area (Å²) in [5.41, 5.74) is 2.08. The van der Waals surface area contributed by atoms with Gasteiger partial charge in [-0.1, -0.05) is 18.2 Å². The number of ether oxygens (including phenoxy) is 1. The molecule has 1 saturated heterocycles. The third-order valence-corrected chi connectivity index (χ3v) is 4.07. The number of aliphatic hydroxyl groups is 1. The molecule has 1 aliphatic heterocycles. The van der Waals surface area contributed by atoms with Crippen LogP contribution in [0.25, 0.3) is 0 Å². The van der Waals surface area contributed by atoms with Crippen LogP contribution in [-0.2, 0) is 17.8 Å². The SMILES string of the molecule is C=CCc1cc(CN2CC[C@H](O)C[C@@H]2C(=O)O)ccc1OC. The number of benzene rings is 1. The molecule has 1 aromatic carbocycles. The van der Waals surface area contributed by atoms with Crippen LogP contribution in [0.4, 0.5) is 0 Å². The summed E-state index contributed by atoms with van der Waals surface area (Å²) in [5.74, 6) is -0.0638. The Labute approximate surface area is 130 Å². The van der Waals surface area contributed by atoms with Crippen molar-refractivity contribution in [1.82, 2.24) is 4.90 Å². The molecule has 120 valence electrons. The zero-order chi connectivity index (χ0) is 16.1. The summed E-state index contributed by atoms with van der Waals surface area (Å²) in [7, 11) is 1.63. The number of rotatable bonds is 6. The number of carbonyl (C=O) groups is 1. The molecule has 1 fully saturated rings. The third-order valence-electron chi connectivity index (χ3n) is 4.07. The van der Waals surface area contributed by atoms with Gasteiger partial charge >= 0.3 is 5.97 Å². The van der Waals surface area contributed by atoms with Crippen molar-refractivity contribution in [1.29, 1.82) is 0 Å². The van der Waals surface area contributed by atoms with E-state index in [0.29, 0.717) is 25.9 Å². The van der Waals surface area contributed by atoms with Gasteiger partial charge in [0.05, 0.1) is 13.2 Å². The first-order valence-corrected chi connectivity index (χ1v) is 7.46. The Kier molecular flexibility index (Phi) is 5.57. The van der Waals surface area contributed by atoms with Crippen LogP contribution < -0.4 is 4.74 Å². The van der Waals surface area contributed by atoms with E-state index in [4.69, 9.17) is 4.74 Å². The van der Waals surface area contributed by atoms with Crippen molar-refractivity contribution in [2.75, 3.05) is 13.7 Å². The van der Waals surface area contributed by atoms with E-state index in [9.17, 15) is 15.0 Å². The molecule has 2 atom stereocenters. The molecular formula is C17H23NO4. The average molecular weight is 305 g/mol. The number of aliphatic hydroxyl groups excluding tert-OH is 1. The molecule has 0 aromatic heterocycles. The molecule has 5 nitrogen and oxygen atoms in total. The van der Waals surface area contributed by atoms with Crippen LogP contribution in [0.5, 0.6) is 5.75 Å². The Balaban J connectivity index is 2.16. The largest absolute Gasteiger partial charge is 0.496 e. The Hall–Kier alpha value is -1.85. The maximum atomic E-state index is 11.4. The number of nitrogens with zero attached hydrogens (tertiary/aromatic N) is 1. The monoisotopic (exact) mass is 305 g/mol. The molecule has 0 unspecified atom stereocenters. The van der Waals surface area contributed by atoms with Crippen molar-refractivity contribution in [3.63, 3.8) is 0 Å². The Morgan fingerprint density at radius 3 is 2.95 bits per heavy atom. The topological polar surface area (TPSA) is 70.0 Å². The number of methoxy groups -OCH3 is 1. The lowest BCUT2D eigenvalue weighted by Gasteiger charge is -2.35.